The Morgan fingerprint density at radius 1 is 1.50 bits per heavy atom. The lowest BCUT2D eigenvalue weighted by molar-refractivity contribution is 0.541. The highest BCUT2D eigenvalue weighted by Crippen LogP contribution is 2.08. The first-order valence-electron chi connectivity index (χ1n) is 4.76. The summed E-state index contributed by atoms with van der Waals surface area (Å²) in [4.78, 5) is 8.13. The summed E-state index contributed by atoms with van der Waals surface area (Å²) in [5, 5.41) is 7.17. The first-order valence-corrected chi connectivity index (χ1v) is 5.13. The fourth-order valence-corrected chi connectivity index (χ4v) is 1.71. The van der Waals surface area contributed by atoms with Crippen molar-refractivity contribution in [2.45, 2.75) is 19.0 Å². The van der Waals surface area contributed by atoms with Crippen molar-refractivity contribution in [2.24, 2.45) is 0 Å². The van der Waals surface area contributed by atoms with Gasteiger partial charge in [-0.25, -0.2) is 4.98 Å². The van der Waals surface area contributed by atoms with Crippen LogP contribution in [0.1, 0.15) is 12.1 Å². The van der Waals surface area contributed by atoms with E-state index in [4.69, 9.17) is 11.6 Å². The molecule has 0 bridgehead atoms. The molecule has 1 aromatic rings. The van der Waals surface area contributed by atoms with Crippen molar-refractivity contribution in [3.8, 4) is 0 Å². The summed E-state index contributed by atoms with van der Waals surface area (Å²) in [6, 6.07) is 0.535. The second-order valence-corrected chi connectivity index (χ2v) is 3.72. The summed E-state index contributed by atoms with van der Waals surface area (Å²) in [7, 11) is 0. The van der Waals surface area contributed by atoms with Crippen LogP contribution in [0, 0.1) is 0 Å². The van der Waals surface area contributed by atoms with Crippen LogP contribution >= 0.6 is 11.6 Å². The van der Waals surface area contributed by atoms with E-state index in [0.717, 1.165) is 25.2 Å². The van der Waals surface area contributed by atoms with E-state index in [1.165, 1.54) is 0 Å². The number of rotatable bonds is 3. The Labute approximate surface area is 88.1 Å². The molecule has 2 N–H and O–H groups in total. The maximum Gasteiger partial charge on any atom is 0.151 e. The number of nitrogens with one attached hydrogen (secondary N) is 2. The van der Waals surface area contributed by atoms with Crippen LogP contribution in [0.3, 0.4) is 0 Å². The normalized spacial score (nSPS) is 21.4. The largest absolute Gasteiger partial charge is 0.315 e. The van der Waals surface area contributed by atoms with Crippen LogP contribution in [0.25, 0.3) is 0 Å². The molecule has 0 saturated carbocycles. The van der Waals surface area contributed by atoms with Gasteiger partial charge in [0, 0.05) is 31.5 Å². The summed E-state index contributed by atoms with van der Waals surface area (Å²) < 4.78 is 0. The van der Waals surface area contributed by atoms with E-state index in [-0.39, 0.29) is 0 Å². The molecule has 1 aliphatic heterocycles. The number of hydrogen-bond acceptors (Lipinski definition) is 4. The van der Waals surface area contributed by atoms with E-state index in [9.17, 15) is 0 Å². The van der Waals surface area contributed by atoms with E-state index in [1.807, 2.05) is 0 Å². The second kappa shape index (κ2) is 4.68. The fraction of sp³-hybridized carbons (Fsp3) is 0.556. The first kappa shape index (κ1) is 9.83. The molecule has 0 amide bonds. The molecule has 0 aliphatic carbocycles. The van der Waals surface area contributed by atoms with Crippen LogP contribution in [0.15, 0.2) is 12.4 Å². The van der Waals surface area contributed by atoms with Gasteiger partial charge in [0.15, 0.2) is 5.15 Å². The molecule has 1 fully saturated rings. The Kier molecular flexibility index (Phi) is 3.29. The summed E-state index contributed by atoms with van der Waals surface area (Å²) in [5.41, 5.74) is 0.820. The third-order valence-corrected chi connectivity index (χ3v) is 2.66. The van der Waals surface area contributed by atoms with E-state index in [0.29, 0.717) is 17.7 Å². The lowest BCUT2D eigenvalue weighted by Crippen LogP contribution is -2.30. The molecule has 76 valence electrons. The highest BCUT2D eigenvalue weighted by atomic mass is 35.5. The molecule has 0 unspecified atom stereocenters. The minimum absolute atomic E-state index is 0.492. The molecular formula is C9H13ClN4. The Balaban J connectivity index is 1.88. The molecule has 4 nitrogen and oxygen atoms in total. The van der Waals surface area contributed by atoms with Gasteiger partial charge in [0.1, 0.15) is 0 Å². The van der Waals surface area contributed by atoms with Gasteiger partial charge in [-0.15, -0.1) is 0 Å². The highest BCUT2D eigenvalue weighted by molar-refractivity contribution is 6.29. The first-order chi connectivity index (χ1) is 6.86. The summed E-state index contributed by atoms with van der Waals surface area (Å²) in [5.74, 6) is 0. The van der Waals surface area contributed by atoms with E-state index < -0.39 is 0 Å². The quantitative estimate of drug-likeness (QED) is 0.770. The van der Waals surface area contributed by atoms with Crippen LogP contribution in [0.5, 0.6) is 0 Å². The lowest BCUT2D eigenvalue weighted by atomic mass is 10.2. The molecule has 0 aromatic carbocycles. The minimum Gasteiger partial charge on any atom is -0.315 e. The Hall–Kier alpha value is -0.710. The summed E-state index contributed by atoms with van der Waals surface area (Å²) in [6.07, 6.45) is 4.43. The summed E-state index contributed by atoms with van der Waals surface area (Å²) in [6.45, 7) is 2.81. The van der Waals surface area contributed by atoms with Gasteiger partial charge in [0.25, 0.3) is 0 Å². The van der Waals surface area contributed by atoms with Gasteiger partial charge in [0.2, 0.25) is 0 Å². The van der Waals surface area contributed by atoms with Gasteiger partial charge in [0.05, 0.1) is 5.69 Å². The fourth-order valence-electron chi connectivity index (χ4n) is 1.54. The SMILES string of the molecule is Clc1nccnc1CN[C@@H]1CCNC1. The molecule has 0 radical (unpaired) electrons. The smallest absolute Gasteiger partial charge is 0.151 e. The third-order valence-electron chi connectivity index (χ3n) is 2.34. The molecule has 5 heteroatoms. The molecule has 1 aromatic heterocycles. The van der Waals surface area contributed by atoms with Gasteiger partial charge in [-0.3, -0.25) is 4.98 Å². The predicted molar refractivity (Wildman–Crippen MR) is 55.2 cm³/mol. The van der Waals surface area contributed by atoms with E-state index >= 15 is 0 Å². The Morgan fingerprint density at radius 2 is 2.36 bits per heavy atom. The average Bonchev–Trinajstić information content (AvgIpc) is 2.69. The summed E-state index contributed by atoms with van der Waals surface area (Å²) >= 11 is 5.88. The molecule has 1 saturated heterocycles. The molecule has 2 heterocycles. The van der Waals surface area contributed by atoms with E-state index in [1.54, 1.807) is 12.4 Å². The molecule has 2 rings (SSSR count). The van der Waals surface area contributed by atoms with Crippen molar-refractivity contribution in [2.75, 3.05) is 13.1 Å². The van der Waals surface area contributed by atoms with Crippen molar-refractivity contribution in [1.82, 2.24) is 20.6 Å². The predicted octanol–water partition coefficient (Wildman–Crippen LogP) is 0.582. The topological polar surface area (TPSA) is 49.8 Å². The van der Waals surface area contributed by atoms with Gasteiger partial charge in [-0.2, -0.15) is 0 Å². The average molecular weight is 213 g/mol. The molecule has 14 heavy (non-hydrogen) atoms. The van der Waals surface area contributed by atoms with Crippen molar-refractivity contribution in [3.05, 3.63) is 23.2 Å². The third kappa shape index (κ3) is 2.41. The lowest BCUT2D eigenvalue weighted by Gasteiger charge is -2.10. The van der Waals surface area contributed by atoms with Crippen LogP contribution in [-0.2, 0) is 6.54 Å². The van der Waals surface area contributed by atoms with Gasteiger partial charge in [-0.05, 0) is 13.0 Å². The molecule has 1 atom stereocenters. The molecule has 1 aliphatic rings. The van der Waals surface area contributed by atoms with E-state index in [2.05, 4.69) is 20.6 Å². The van der Waals surface area contributed by atoms with Crippen LogP contribution in [0.2, 0.25) is 5.15 Å². The van der Waals surface area contributed by atoms with Gasteiger partial charge in [-0.1, -0.05) is 11.6 Å². The second-order valence-electron chi connectivity index (χ2n) is 3.36. The van der Waals surface area contributed by atoms with Crippen molar-refractivity contribution < 1.29 is 0 Å². The monoisotopic (exact) mass is 212 g/mol. The zero-order chi connectivity index (χ0) is 9.80. The maximum absolute atomic E-state index is 5.88. The standard InChI is InChI=1S/C9H13ClN4/c10-9-8(12-3-4-13-9)6-14-7-1-2-11-5-7/h3-4,7,11,14H,1-2,5-6H2/t7-/m1/s1. The van der Waals surface area contributed by atoms with Crippen molar-refractivity contribution in [3.63, 3.8) is 0 Å². The number of halogens is 1. The zero-order valence-electron chi connectivity index (χ0n) is 7.83. The maximum atomic E-state index is 5.88. The van der Waals surface area contributed by atoms with Crippen LogP contribution in [-0.4, -0.2) is 29.1 Å². The Morgan fingerprint density at radius 3 is 3.07 bits per heavy atom. The molecular weight excluding hydrogens is 200 g/mol. The van der Waals surface area contributed by atoms with Crippen molar-refractivity contribution in [1.29, 1.82) is 0 Å². The zero-order valence-corrected chi connectivity index (χ0v) is 8.59. The highest BCUT2D eigenvalue weighted by Gasteiger charge is 2.14. The van der Waals surface area contributed by atoms with Gasteiger partial charge >= 0.3 is 0 Å². The van der Waals surface area contributed by atoms with Crippen LogP contribution in [0.4, 0.5) is 0 Å². The van der Waals surface area contributed by atoms with Gasteiger partial charge < -0.3 is 10.6 Å². The number of hydrogen-bond donors (Lipinski definition) is 2. The van der Waals surface area contributed by atoms with Crippen molar-refractivity contribution >= 4 is 11.6 Å². The number of nitrogens with zero attached hydrogens (tertiary/aromatic N) is 2. The minimum atomic E-state index is 0.492. The van der Waals surface area contributed by atoms with Crippen LogP contribution < -0.4 is 10.6 Å². The molecule has 0 spiro atoms. The number of aromatic nitrogens is 2. The Bertz CT molecular complexity index is 299.